The van der Waals surface area contributed by atoms with E-state index in [1.165, 1.54) is 37.3 Å². The summed E-state index contributed by atoms with van der Waals surface area (Å²) in [6.45, 7) is 5.13. The predicted molar refractivity (Wildman–Crippen MR) is 153 cm³/mol. The van der Waals surface area contributed by atoms with Crippen LogP contribution in [0.2, 0.25) is 0 Å². The van der Waals surface area contributed by atoms with E-state index in [4.69, 9.17) is 4.74 Å². The summed E-state index contributed by atoms with van der Waals surface area (Å²) in [6, 6.07) is 15.2. The average Bonchev–Trinajstić information content (AvgIpc) is 2.96. The lowest BCUT2D eigenvalue weighted by Gasteiger charge is -2.32. The number of nitrogens with zero attached hydrogens (tertiary/aromatic N) is 2. The number of carbonyl (C=O) groups is 2. The fourth-order valence-corrected chi connectivity index (χ4v) is 5.48. The van der Waals surface area contributed by atoms with Gasteiger partial charge < -0.3 is 15.0 Å². The van der Waals surface area contributed by atoms with Gasteiger partial charge in [0.2, 0.25) is 11.8 Å². The molecule has 3 rings (SSSR count). The summed E-state index contributed by atoms with van der Waals surface area (Å²) >= 11 is 0. The van der Waals surface area contributed by atoms with Gasteiger partial charge in [0, 0.05) is 18.7 Å². The Morgan fingerprint density at radius 1 is 0.951 bits per heavy atom. The molecule has 0 spiro atoms. The number of hydrogen-bond acceptors (Lipinski definition) is 5. The number of halogens is 2. The molecule has 1 atom stereocenters. The van der Waals surface area contributed by atoms with E-state index in [1.807, 2.05) is 13.8 Å². The second-order valence-corrected chi connectivity index (χ2v) is 11.2. The number of anilines is 1. The molecule has 220 valence electrons. The van der Waals surface area contributed by atoms with E-state index in [1.54, 1.807) is 18.2 Å². The molecule has 0 saturated carbocycles. The SMILES string of the molecule is CCCCNC(=O)C(C)N(Cc1ccccc1F)C(=O)CN(c1ccc(OCC)cc1)S(=O)(=O)c1ccc(F)cc1. The zero-order chi connectivity index (χ0) is 30.0. The first-order valence-electron chi connectivity index (χ1n) is 13.4. The lowest BCUT2D eigenvalue weighted by molar-refractivity contribution is -0.139. The van der Waals surface area contributed by atoms with E-state index < -0.39 is 46.1 Å². The molecule has 8 nitrogen and oxygen atoms in total. The minimum Gasteiger partial charge on any atom is -0.494 e. The molecular formula is C30H35F2N3O5S. The van der Waals surface area contributed by atoms with Gasteiger partial charge >= 0.3 is 0 Å². The first-order valence-corrected chi connectivity index (χ1v) is 14.8. The van der Waals surface area contributed by atoms with Crippen molar-refractivity contribution in [1.82, 2.24) is 10.2 Å². The van der Waals surface area contributed by atoms with Gasteiger partial charge in [0.15, 0.2) is 0 Å². The molecule has 0 heterocycles. The molecule has 0 bridgehead atoms. The molecule has 0 aliphatic carbocycles. The number of rotatable bonds is 14. The van der Waals surface area contributed by atoms with E-state index in [2.05, 4.69) is 5.32 Å². The third-order valence-corrected chi connectivity index (χ3v) is 8.20. The van der Waals surface area contributed by atoms with Gasteiger partial charge in [0.25, 0.3) is 10.0 Å². The summed E-state index contributed by atoms with van der Waals surface area (Å²) in [5.74, 6) is -1.86. The zero-order valence-electron chi connectivity index (χ0n) is 23.3. The van der Waals surface area contributed by atoms with Crippen molar-refractivity contribution < 1.29 is 31.5 Å². The maximum Gasteiger partial charge on any atom is 0.264 e. The Hall–Kier alpha value is -3.99. The summed E-state index contributed by atoms with van der Waals surface area (Å²) in [6.07, 6.45) is 1.59. The number of hydrogen-bond donors (Lipinski definition) is 1. The normalized spacial score (nSPS) is 11.9. The predicted octanol–water partition coefficient (Wildman–Crippen LogP) is 4.89. The van der Waals surface area contributed by atoms with Crippen molar-refractivity contribution in [2.24, 2.45) is 0 Å². The maximum absolute atomic E-state index is 14.6. The maximum atomic E-state index is 14.6. The lowest BCUT2D eigenvalue weighted by Crippen LogP contribution is -2.51. The van der Waals surface area contributed by atoms with Gasteiger partial charge in [-0.05, 0) is 74.9 Å². The van der Waals surface area contributed by atoms with Crippen LogP contribution in [-0.2, 0) is 26.2 Å². The Bertz CT molecular complexity index is 1420. The lowest BCUT2D eigenvalue weighted by atomic mass is 10.1. The first kappa shape index (κ1) is 31.5. The van der Waals surface area contributed by atoms with Crippen LogP contribution in [0.4, 0.5) is 14.5 Å². The topological polar surface area (TPSA) is 96.0 Å². The molecule has 0 aliphatic rings. The molecule has 0 aromatic heterocycles. The molecule has 2 amide bonds. The first-order chi connectivity index (χ1) is 19.6. The van der Waals surface area contributed by atoms with Crippen molar-refractivity contribution >= 4 is 27.5 Å². The smallest absolute Gasteiger partial charge is 0.264 e. The summed E-state index contributed by atoms with van der Waals surface area (Å²) in [7, 11) is -4.37. The second-order valence-electron chi connectivity index (χ2n) is 9.33. The fraction of sp³-hybridized carbons (Fsp3) is 0.333. The van der Waals surface area contributed by atoms with Crippen molar-refractivity contribution in [1.29, 1.82) is 0 Å². The number of benzene rings is 3. The molecule has 0 aliphatic heterocycles. The molecule has 0 saturated heterocycles. The molecule has 0 radical (unpaired) electrons. The van der Waals surface area contributed by atoms with Gasteiger partial charge in [-0.15, -0.1) is 0 Å². The Balaban J connectivity index is 2.01. The van der Waals surface area contributed by atoms with E-state index in [0.29, 0.717) is 18.9 Å². The van der Waals surface area contributed by atoms with Gasteiger partial charge in [0.1, 0.15) is 30.0 Å². The van der Waals surface area contributed by atoms with Crippen molar-refractivity contribution in [3.05, 3.63) is 90.0 Å². The Morgan fingerprint density at radius 2 is 1.61 bits per heavy atom. The van der Waals surface area contributed by atoms with Crippen LogP contribution in [0.15, 0.2) is 77.7 Å². The minimum atomic E-state index is -4.37. The van der Waals surface area contributed by atoms with E-state index >= 15 is 0 Å². The Morgan fingerprint density at radius 3 is 2.22 bits per heavy atom. The third kappa shape index (κ3) is 8.26. The molecule has 3 aromatic carbocycles. The number of unbranched alkanes of at least 4 members (excludes halogenated alkanes) is 1. The van der Waals surface area contributed by atoms with Gasteiger partial charge in [0.05, 0.1) is 17.2 Å². The summed E-state index contributed by atoms with van der Waals surface area (Å²) < 4.78 is 62.1. The number of carbonyl (C=O) groups excluding carboxylic acids is 2. The van der Waals surface area contributed by atoms with Crippen LogP contribution in [0.1, 0.15) is 39.2 Å². The standard InChI is InChI=1S/C30H35F2N3O5S/c1-4-6-19-33-30(37)22(3)34(20-23-9-7-8-10-28(23)32)29(36)21-35(25-13-15-26(16-14-25)40-5-2)41(38,39)27-17-11-24(31)12-18-27/h7-18,22H,4-6,19-21H2,1-3H3,(H,33,37). The summed E-state index contributed by atoms with van der Waals surface area (Å²) in [5, 5.41) is 2.78. The van der Waals surface area contributed by atoms with Crippen molar-refractivity contribution in [3.8, 4) is 5.75 Å². The monoisotopic (exact) mass is 587 g/mol. The van der Waals surface area contributed by atoms with Gasteiger partial charge in [-0.25, -0.2) is 17.2 Å². The number of ether oxygens (including phenoxy) is 1. The quantitative estimate of drug-likeness (QED) is 0.271. The van der Waals surface area contributed by atoms with Crippen LogP contribution in [-0.4, -0.2) is 50.9 Å². The highest BCUT2D eigenvalue weighted by Gasteiger charge is 2.33. The molecule has 1 N–H and O–H groups in total. The minimum absolute atomic E-state index is 0.150. The van der Waals surface area contributed by atoms with Crippen molar-refractivity contribution in [3.63, 3.8) is 0 Å². The molecule has 0 fully saturated rings. The Labute approximate surface area is 240 Å². The number of nitrogens with one attached hydrogen (secondary N) is 1. The van der Waals surface area contributed by atoms with Crippen LogP contribution in [0.25, 0.3) is 0 Å². The van der Waals surface area contributed by atoms with Crippen LogP contribution >= 0.6 is 0 Å². The van der Waals surface area contributed by atoms with Gasteiger partial charge in [-0.3, -0.25) is 13.9 Å². The van der Waals surface area contributed by atoms with Crippen molar-refractivity contribution in [2.75, 3.05) is 24.0 Å². The van der Waals surface area contributed by atoms with E-state index in [-0.39, 0.29) is 22.7 Å². The average molecular weight is 588 g/mol. The molecule has 3 aromatic rings. The molecular weight excluding hydrogens is 552 g/mol. The number of amides is 2. The van der Waals surface area contributed by atoms with Crippen molar-refractivity contribution in [2.45, 2.75) is 51.1 Å². The highest BCUT2D eigenvalue weighted by atomic mass is 32.2. The summed E-state index contributed by atoms with van der Waals surface area (Å²) in [4.78, 5) is 27.7. The van der Waals surface area contributed by atoms with Crippen LogP contribution in [0, 0.1) is 11.6 Å². The van der Waals surface area contributed by atoms with Gasteiger partial charge in [-0.1, -0.05) is 31.5 Å². The summed E-state index contributed by atoms with van der Waals surface area (Å²) in [5.41, 5.74) is 0.320. The van der Waals surface area contributed by atoms with Crippen LogP contribution in [0.3, 0.4) is 0 Å². The highest BCUT2D eigenvalue weighted by Crippen LogP contribution is 2.27. The highest BCUT2D eigenvalue weighted by molar-refractivity contribution is 7.92. The molecule has 41 heavy (non-hydrogen) atoms. The van der Waals surface area contributed by atoms with Crippen LogP contribution < -0.4 is 14.4 Å². The Kier molecular flexibility index (Phi) is 11.2. The molecule has 11 heteroatoms. The van der Waals surface area contributed by atoms with E-state index in [0.717, 1.165) is 46.3 Å². The molecule has 1 unspecified atom stereocenters. The van der Waals surface area contributed by atoms with E-state index in [9.17, 15) is 26.8 Å². The zero-order valence-corrected chi connectivity index (χ0v) is 24.2. The second kappa shape index (κ2) is 14.6. The van der Waals surface area contributed by atoms with Gasteiger partial charge in [-0.2, -0.15) is 0 Å². The third-order valence-electron chi connectivity index (χ3n) is 6.41. The fourth-order valence-electron chi connectivity index (χ4n) is 4.07. The number of sulfonamides is 1. The van der Waals surface area contributed by atoms with Crippen LogP contribution in [0.5, 0.6) is 5.75 Å². The largest absolute Gasteiger partial charge is 0.494 e.